The van der Waals surface area contributed by atoms with Gasteiger partial charge in [0, 0.05) is 25.4 Å². The van der Waals surface area contributed by atoms with Crippen LogP contribution in [0.4, 0.5) is 0 Å². The number of hydrogen-bond acceptors (Lipinski definition) is 4. The van der Waals surface area contributed by atoms with Gasteiger partial charge in [-0.3, -0.25) is 18.7 Å². The number of aromatic nitrogens is 2. The predicted octanol–water partition coefficient (Wildman–Crippen LogP) is 0.906. The molecule has 1 aliphatic rings. The van der Waals surface area contributed by atoms with Gasteiger partial charge in [-0.2, -0.15) is 0 Å². The van der Waals surface area contributed by atoms with Crippen LogP contribution >= 0.6 is 0 Å². The lowest BCUT2D eigenvalue weighted by atomic mass is 9.93. The van der Waals surface area contributed by atoms with E-state index in [4.69, 9.17) is 0 Å². The minimum atomic E-state index is -0.450. The average molecular weight is 384 g/mol. The Morgan fingerprint density at radius 2 is 1.82 bits per heavy atom. The highest BCUT2D eigenvalue weighted by Gasteiger charge is 2.23. The van der Waals surface area contributed by atoms with E-state index in [1.807, 2.05) is 37.4 Å². The van der Waals surface area contributed by atoms with Crippen LogP contribution < -0.4 is 16.6 Å². The second-order valence-corrected chi connectivity index (χ2v) is 7.35. The summed E-state index contributed by atoms with van der Waals surface area (Å²) in [6.45, 7) is 2.53. The summed E-state index contributed by atoms with van der Waals surface area (Å²) in [6.07, 6.45) is 4.54. The molecular weight excluding hydrogens is 356 g/mol. The van der Waals surface area contributed by atoms with Crippen LogP contribution in [0, 0.1) is 5.92 Å². The van der Waals surface area contributed by atoms with E-state index in [1.54, 1.807) is 4.90 Å². The maximum absolute atomic E-state index is 12.7. The Hall–Kier alpha value is -2.67. The Balaban J connectivity index is 1.67. The fourth-order valence-corrected chi connectivity index (χ4v) is 3.66. The van der Waals surface area contributed by atoms with Gasteiger partial charge in [-0.15, -0.1) is 0 Å². The number of hydrogen-bond donors (Lipinski definition) is 1. The minimum absolute atomic E-state index is 0.163. The summed E-state index contributed by atoms with van der Waals surface area (Å²) in [4.78, 5) is 39.4. The van der Waals surface area contributed by atoms with Gasteiger partial charge in [-0.1, -0.05) is 30.3 Å². The van der Waals surface area contributed by atoms with Crippen molar-refractivity contribution in [1.29, 1.82) is 0 Å². The van der Waals surface area contributed by atoms with Crippen molar-refractivity contribution in [1.82, 2.24) is 19.4 Å². The van der Waals surface area contributed by atoms with Crippen LogP contribution in [0.5, 0.6) is 0 Å². The Morgan fingerprint density at radius 3 is 2.50 bits per heavy atom. The van der Waals surface area contributed by atoms with Crippen molar-refractivity contribution in [2.45, 2.75) is 32.4 Å². The molecule has 1 aromatic carbocycles. The van der Waals surface area contributed by atoms with Crippen molar-refractivity contribution in [3.8, 4) is 0 Å². The second kappa shape index (κ2) is 9.50. The number of carbonyl (C=O) groups excluding carboxylic acids is 1. The van der Waals surface area contributed by atoms with E-state index in [0.29, 0.717) is 25.6 Å². The number of likely N-dealkylation sites (tertiary alicyclic amines) is 1. The van der Waals surface area contributed by atoms with Crippen LogP contribution in [0.1, 0.15) is 24.8 Å². The highest BCUT2D eigenvalue weighted by atomic mass is 16.2. The molecule has 0 spiro atoms. The number of nitrogens with one attached hydrogen (secondary N) is 1. The number of rotatable bonds is 7. The van der Waals surface area contributed by atoms with Gasteiger partial charge >= 0.3 is 5.69 Å². The molecule has 0 aliphatic carbocycles. The van der Waals surface area contributed by atoms with Crippen molar-refractivity contribution in [3.63, 3.8) is 0 Å². The number of piperidine rings is 1. The summed E-state index contributed by atoms with van der Waals surface area (Å²) in [7, 11) is 1.95. The lowest BCUT2D eigenvalue weighted by molar-refractivity contribution is -0.133. The molecule has 7 nitrogen and oxygen atoms in total. The molecule has 1 aliphatic heterocycles. The smallest absolute Gasteiger partial charge is 0.331 e. The topological polar surface area (TPSA) is 76.3 Å². The molecule has 7 heteroatoms. The fourth-order valence-electron chi connectivity index (χ4n) is 3.66. The summed E-state index contributed by atoms with van der Waals surface area (Å²) < 4.78 is 2.51. The molecular formula is C21H28N4O3. The first-order valence-corrected chi connectivity index (χ1v) is 9.85. The highest BCUT2D eigenvalue weighted by molar-refractivity contribution is 5.76. The first-order chi connectivity index (χ1) is 13.6. The van der Waals surface area contributed by atoms with E-state index < -0.39 is 11.2 Å². The van der Waals surface area contributed by atoms with Crippen molar-refractivity contribution in [2.24, 2.45) is 5.92 Å². The fraction of sp³-hybridized carbons (Fsp3) is 0.476. The monoisotopic (exact) mass is 384 g/mol. The molecule has 2 heterocycles. The molecule has 150 valence electrons. The van der Waals surface area contributed by atoms with Gasteiger partial charge < -0.3 is 10.2 Å². The summed E-state index contributed by atoms with van der Waals surface area (Å²) >= 11 is 0. The maximum atomic E-state index is 12.7. The molecule has 1 saturated heterocycles. The zero-order valence-corrected chi connectivity index (χ0v) is 16.3. The molecule has 1 amide bonds. The normalized spacial score (nSPS) is 15.0. The Kier molecular flexibility index (Phi) is 6.81. The maximum Gasteiger partial charge on any atom is 0.331 e. The lowest BCUT2D eigenvalue weighted by Crippen LogP contribution is -2.46. The van der Waals surface area contributed by atoms with Crippen molar-refractivity contribution >= 4 is 5.91 Å². The molecule has 3 rings (SSSR count). The van der Waals surface area contributed by atoms with Crippen LogP contribution in [0.15, 0.2) is 52.2 Å². The van der Waals surface area contributed by atoms with Crippen molar-refractivity contribution in [3.05, 3.63) is 69.0 Å². The third-order valence-corrected chi connectivity index (χ3v) is 5.40. The van der Waals surface area contributed by atoms with Crippen LogP contribution in [-0.2, 0) is 17.9 Å². The molecule has 0 radical (unpaired) electrons. The highest BCUT2D eigenvalue weighted by Crippen LogP contribution is 2.20. The lowest BCUT2D eigenvalue weighted by Gasteiger charge is -2.32. The quantitative estimate of drug-likeness (QED) is 0.770. The van der Waals surface area contributed by atoms with E-state index >= 15 is 0 Å². The molecule has 0 bridgehead atoms. The third-order valence-electron chi connectivity index (χ3n) is 5.40. The summed E-state index contributed by atoms with van der Waals surface area (Å²) in [5.41, 5.74) is 0.0740. The zero-order chi connectivity index (χ0) is 19.9. The molecule has 2 aromatic rings. The van der Waals surface area contributed by atoms with Crippen molar-refractivity contribution < 1.29 is 4.79 Å². The number of amides is 1. The van der Waals surface area contributed by atoms with Gasteiger partial charge in [0.1, 0.15) is 6.54 Å². The predicted molar refractivity (Wildman–Crippen MR) is 108 cm³/mol. The van der Waals surface area contributed by atoms with E-state index in [-0.39, 0.29) is 12.5 Å². The summed E-state index contributed by atoms with van der Waals surface area (Å²) in [6, 6.07) is 10.9. The van der Waals surface area contributed by atoms with E-state index in [1.165, 1.54) is 16.8 Å². The standard InChI is InChI=1S/C21H28N4O3/c1-22-11-7-17-8-12-23(13-9-17)20(27)16-25-19(26)10-14-24(21(25)28)15-18-5-3-2-4-6-18/h2-6,10,14,17,22H,7-9,11-13,15-16H2,1H3. The van der Waals surface area contributed by atoms with Gasteiger partial charge in [-0.25, -0.2) is 4.79 Å². The Bertz CT molecular complexity index is 896. The number of benzene rings is 1. The van der Waals surface area contributed by atoms with Crippen LogP contribution in [0.2, 0.25) is 0 Å². The number of carbonyl (C=O) groups is 1. The first-order valence-electron chi connectivity index (χ1n) is 9.85. The largest absolute Gasteiger partial charge is 0.341 e. The molecule has 0 unspecified atom stereocenters. The second-order valence-electron chi connectivity index (χ2n) is 7.35. The summed E-state index contributed by atoms with van der Waals surface area (Å²) in [5, 5.41) is 3.16. The third kappa shape index (κ3) is 4.98. The molecule has 1 N–H and O–H groups in total. The zero-order valence-electron chi connectivity index (χ0n) is 16.3. The SMILES string of the molecule is CNCCC1CCN(C(=O)Cn2c(=O)ccn(Cc3ccccc3)c2=O)CC1. The molecule has 1 fully saturated rings. The van der Waals surface area contributed by atoms with Gasteiger partial charge in [0.25, 0.3) is 5.56 Å². The molecule has 0 atom stereocenters. The first kappa shape index (κ1) is 20.1. The van der Waals surface area contributed by atoms with Crippen LogP contribution in [0.25, 0.3) is 0 Å². The van der Waals surface area contributed by atoms with E-state index in [9.17, 15) is 14.4 Å². The Labute approximate surface area is 164 Å². The van der Waals surface area contributed by atoms with Gasteiger partial charge in [0.2, 0.25) is 5.91 Å². The van der Waals surface area contributed by atoms with E-state index in [0.717, 1.165) is 35.9 Å². The average Bonchev–Trinajstić information content (AvgIpc) is 2.72. The van der Waals surface area contributed by atoms with Gasteiger partial charge in [0.05, 0.1) is 6.54 Å². The van der Waals surface area contributed by atoms with E-state index in [2.05, 4.69) is 5.32 Å². The Morgan fingerprint density at radius 1 is 1.11 bits per heavy atom. The van der Waals surface area contributed by atoms with Gasteiger partial charge in [-0.05, 0) is 44.3 Å². The van der Waals surface area contributed by atoms with Crippen molar-refractivity contribution in [2.75, 3.05) is 26.7 Å². The molecule has 0 saturated carbocycles. The van der Waals surface area contributed by atoms with Crippen LogP contribution in [0.3, 0.4) is 0 Å². The molecule has 1 aromatic heterocycles. The minimum Gasteiger partial charge on any atom is -0.341 e. The van der Waals surface area contributed by atoms with Gasteiger partial charge in [0.15, 0.2) is 0 Å². The number of nitrogens with zero attached hydrogens (tertiary/aromatic N) is 3. The summed E-state index contributed by atoms with van der Waals surface area (Å²) in [5.74, 6) is 0.461. The van der Waals surface area contributed by atoms with Crippen LogP contribution in [-0.4, -0.2) is 46.6 Å². The molecule has 28 heavy (non-hydrogen) atoms.